The molecule has 386 valence electrons. The molecule has 4 atom stereocenters. The SMILES string of the molecule is CC(C)(C)c1ccc2c(c1)B1c3cc(C(C)(C)C)cc4c3N(c3cc(N5c6ccccc6C6(c7ccccc7)CCCCC56C)cc(c31)N2c1ccc(C(C)(C)C)cc1-c1ccccc1)C1(C)c2ccccc2CCC41C. The number of hydrogen-bond acceptors (Lipinski definition) is 3. The van der Waals surface area contributed by atoms with Gasteiger partial charge in [-0.1, -0.05) is 216 Å². The molecular formula is C73H76BN3. The second-order valence-electron chi connectivity index (χ2n) is 27.8. The zero-order chi connectivity index (χ0) is 53.4. The van der Waals surface area contributed by atoms with Crippen LogP contribution in [0.25, 0.3) is 11.1 Å². The van der Waals surface area contributed by atoms with Crippen molar-refractivity contribution in [3.8, 4) is 11.1 Å². The van der Waals surface area contributed by atoms with Gasteiger partial charge in [-0.15, -0.1) is 0 Å². The van der Waals surface area contributed by atoms with E-state index in [-0.39, 0.29) is 44.9 Å². The van der Waals surface area contributed by atoms with E-state index < -0.39 is 0 Å². The molecule has 6 aliphatic rings. The largest absolute Gasteiger partial charge is 0.334 e. The summed E-state index contributed by atoms with van der Waals surface area (Å²) in [6.45, 7) is 29.4. The Morgan fingerprint density at radius 1 is 0.455 bits per heavy atom. The minimum Gasteiger partial charge on any atom is -0.334 e. The zero-order valence-corrected chi connectivity index (χ0v) is 47.8. The highest BCUT2D eigenvalue weighted by molar-refractivity contribution is 7.00. The third-order valence-corrected chi connectivity index (χ3v) is 20.6. The van der Waals surface area contributed by atoms with Crippen molar-refractivity contribution in [2.24, 2.45) is 0 Å². The van der Waals surface area contributed by atoms with Crippen LogP contribution in [-0.2, 0) is 39.0 Å². The molecule has 8 aromatic carbocycles. The van der Waals surface area contributed by atoms with Gasteiger partial charge < -0.3 is 14.7 Å². The summed E-state index contributed by atoms with van der Waals surface area (Å²) in [7, 11) is 0. The van der Waals surface area contributed by atoms with E-state index in [0.717, 1.165) is 25.7 Å². The van der Waals surface area contributed by atoms with Gasteiger partial charge in [0.05, 0.1) is 16.8 Å². The Balaban J connectivity index is 1.16. The summed E-state index contributed by atoms with van der Waals surface area (Å²) in [6, 6.07) is 67.5. The minimum absolute atomic E-state index is 0.00828. The van der Waals surface area contributed by atoms with Gasteiger partial charge in [0, 0.05) is 50.5 Å². The fourth-order valence-corrected chi connectivity index (χ4v) is 16.4. The van der Waals surface area contributed by atoms with E-state index in [1.165, 1.54) is 125 Å². The van der Waals surface area contributed by atoms with Crippen molar-refractivity contribution < 1.29 is 0 Å². The monoisotopic (exact) mass is 1010 g/mol. The predicted molar refractivity (Wildman–Crippen MR) is 328 cm³/mol. The number of para-hydroxylation sites is 1. The van der Waals surface area contributed by atoms with Gasteiger partial charge in [-0.2, -0.15) is 0 Å². The Bertz CT molecular complexity index is 3740. The number of aryl methyl sites for hydroxylation is 1. The van der Waals surface area contributed by atoms with Crippen molar-refractivity contribution in [1.29, 1.82) is 0 Å². The molecule has 0 spiro atoms. The second kappa shape index (κ2) is 16.2. The van der Waals surface area contributed by atoms with Gasteiger partial charge in [0.25, 0.3) is 6.71 Å². The maximum atomic E-state index is 2.94. The van der Waals surface area contributed by atoms with Crippen LogP contribution in [0.2, 0.25) is 0 Å². The Kier molecular flexibility index (Phi) is 10.2. The molecular weight excluding hydrogens is 930 g/mol. The lowest BCUT2D eigenvalue weighted by Gasteiger charge is -2.54. The number of hydrogen-bond donors (Lipinski definition) is 0. The molecule has 4 unspecified atom stereocenters. The van der Waals surface area contributed by atoms with Gasteiger partial charge >= 0.3 is 0 Å². The van der Waals surface area contributed by atoms with Crippen molar-refractivity contribution in [3.05, 3.63) is 214 Å². The summed E-state index contributed by atoms with van der Waals surface area (Å²) in [5, 5.41) is 0. The molecule has 4 heteroatoms. The van der Waals surface area contributed by atoms with E-state index in [1.807, 2.05) is 0 Å². The van der Waals surface area contributed by atoms with Crippen LogP contribution in [0.5, 0.6) is 0 Å². The highest BCUT2D eigenvalue weighted by atomic mass is 15.3. The smallest absolute Gasteiger partial charge is 0.252 e. The number of fused-ring (bicyclic) bond motifs is 12. The average Bonchev–Trinajstić information content (AvgIpc) is 3.97. The van der Waals surface area contributed by atoms with Crippen molar-refractivity contribution in [2.75, 3.05) is 14.7 Å². The van der Waals surface area contributed by atoms with Gasteiger partial charge in [-0.25, -0.2) is 0 Å². The van der Waals surface area contributed by atoms with E-state index >= 15 is 0 Å². The molecule has 1 fully saturated rings. The number of rotatable bonds is 4. The molecule has 1 saturated carbocycles. The summed E-state index contributed by atoms with van der Waals surface area (Å²) in [5.74, 6) is 0. The molecule has 14 rings (SSSR count). The standard InChI is InChI=1S/C73H76BN3/c1-67(2,3)50-33-35-60(54(41-50)47-25-15-13-16-26-47)75-62-36-34-51(68(4,5)6)43-58(62)74-59-44-52(69(7,8)9)42-57-66(59)77(72(12)55-30-20-19-27-48(55)37-40-70(57,72)10)64-46-53(45-63(75)65(64)74)76-61-32-22-21-31-56(61)73(49-28-17-14-18-29-49)39-24-23-38-71(73,76)11/h13-22,25-36,41-46H,23-24,37-40H2,1-12H3. The highest BCUT2D eigenvalue weighted by Gasteiger charge is 2.65. The van der Waals surface area contributed by atoms with E-state index in [4.69, 9.17) is 0 Å². The lowest BCUT2D eigenvalue weighted by molar-refractivity contribution is 0.215. The van der Waals surface area contributed by atoms with Crippen LogP contribution in [0.15, 0.2) is 170 Å². The Hall–Kier alpha value is -6.78. The van der Waals surface area contributed by atoms with Crippen LogP contribution < -0.4 is 31.1 Å². The van der Waals surface area contributed by atoms with Gasteiger partial charge in [-0.3, -0.25) is 0 Å². The normalized spacial score (nSPS) is 23.6. The summed E-state index contributed by atoms with van der Waals surface area (Å²) < 4.78 is 0. The fourth-order valence-electron chi connectivity index (χ4n) is 16.4. The van der Waals surface area contributed by atoms with E-state index in [9.17, 15) is 0 Å². The molecule has 0 aromatic heterocycles. The third-order valence-electron chi connectivity index (χ3n) is 20.6. The minimum atomic E-state index is -0.389. The van der Waals surface area contributed by atoms with E-state index in [1.54, 1.807) is 0 Å². The molecule has 77 heavy (non-hydrogen) atoms. The lowest BCUT2D eigenvalue weighted by Crippen LogP contribution is -2.64. The first-order valence-corrected chi connectivity index (χ1v) is 29.1. The molecule has 0 amide bonds. The molecule has 0 bridgehead atoms. The van der Waals surface area contributed by atoms with Crippen LogP contribution in [-0.4, -0.2) is 12.3 Å². The highest BCUT2D eigenvalue weighted by Crippen LogP contribution is 2.67. The second-order valence-corrected chi connectivity index (χ2v) is 27.8. The quantitative estimate of drug-likeness (QED) is 0.163. The number of anilines is 7. The van der Waals surface area contributed by atoms with Gasteiger partial charge in [0.2, 0.25) is 0 Å². The first kappa shape index (κ1) is 48.6. The third kappa shape index (κ3) is 6.45. The summed E-state index contributed by atoms with van der Waals surface area (Å²) in [5.41, 5.74) is 26.2. The predicted octanol–water partition coefficient (Wildman–Crippen LogP) is 16.9. The zero-order valence-electron chi connectivity index (χ0n) is 47.8. The van der Waals surface area contributed by atoms with Crippen molar-refractivity contribution in [3.63, 3.8) is 0 Å². The molecule has 0 saturated heterocycles. The fraction of sp³-hybridized carbons (Fsp3) is 0.342. The van der Waals surface area contributed by atoms with Crippen LogP contribution in [0.4, 0.5) is 39.8 Å². The molecule has 4 heterocycles. The Morgan fingerprint density at radius 2 is 1.05 bits per heavy atom. The van der Waals surface area contributed by atoms with Crippen molar-refractivity contribution >= 4 is 62.9 Å². The first-order chi connectivity index (χ1) is 36.7. The van der Waals surface area contributed by atoms with Crippen LogP contribution in [0.3, 0.4) is 0 Å². The molecule has 0 N–H and O–H groups in total. The topological polar surface area (TPSA) is 9.72 Å². The maximum absolute atomic E-state index is 2.94. The van der Waals surface area contributed by atoms with Crippen LogP contribution >= 0.6 is 0 Å². The molecule has 2 aliphatic carbocycles. The Morgan fingerprint density at radius 3 is 1.77 bits per heavy atom. The van der Waals surface area contributed by atoms with E-state index in [0.29, 0.717) is 0 Å². The van der Waals surface area contributed by atoms with Crippen LogP contribution in [0.1, 0.15) is 160 Å². The van der Waals surface area contributed by atoms with E-state index in [2.05, 4.69) is 268 Å². The van der Waals surface area contributed by atoms with Crippen molar-refractivity contribution in [2.45, 2.75) is 160 Å². The number of nitrogens with zero attached hydrogens (tertiary/aromatic N) is 3. The number of benzene rings is 8. The average molecular weight is 1010 g/mol. The molecule has 3 nitrogen and oxygen atoms in total. The molecule has 0 radical (unpaired) electrons. The summed E-state index contributed by atoms with van der Waals surface area (Å²) in [4.78, 5) is 8.54. The van der Waals surface area contributed by atoms with Gasteiger partial charge in [-0.05, 0) is 159 Å². The summed E-state index contributed by atoms with van der Waals surface area (Å²) in [6.07, 6.45) is 6.75. The van der Waals surface area contributed by atoms with Gasteiger partial charge in [0.15, 0.2) is 0 Å². The van der Waals surface area contributed by atoms with Gasteiger partial charge in [0.1, 0.15) is 0 Å². The Labute approximate surface area is 460 Å². The van der Waals surface area contributed by atoms with Crippen molar-refractivity contribution in [1.82, 2.24) is 0 Å². The maximum Gasteiger partial charge on any atom is 0.252 e. The van der Waals surface area contributed by atoms with Crippen LogP contribution in [0, 0.1) is 0 Å². The lowest BCUT2D eigenvalue weighted by atomic mass is 9.33. The summed E-state index contributed by atoms with van der Waals surface area (Å²) >= 11 is 0. The molecule has 4 aliphatic heterocycles. The first-order valence-electron chi connectivity index (χ1n) is 29.1. The molecule has 8 aromatic rings.